The van der Waals surface area contributed by atoms with Gasteiger partial charge in [-0.2, -0.15) is 13.2 Å². The Morgan fingerprint density at radius 1 is 0.879 bits per heavy atom. The van der Waals surface area contributed by atoms with E-state index < -0.39 is 11.7 Å². The van der Waals surface area contributed by atoms with Crippen molar-refractivity contribution in [3.63, 3.8) is 0 Å². The Morgan fingerprint density at radius 2 is 1.48 bits per heavy atom. The van der Waals surface area contributed by atoms with Crippen LogP contribution >= 0.6 is 0 Å². The predicted octanol–water partition coefficient (Wildman–Crippen LogP) is 8.28. The quantitative estimate of drug-likeness (QED) is 0.456. The molecule has 0 spiro atoms. The fraction of sp³-hybridized carbons (Fsp3) is 0.643. The zero-order valence-electron chi connectivity index (χ0n) is 19.8. The topological polar surface area (TPSA) is 12.5 Å². The second-order valence-electron chi connectivity index (χ2n) is 10.7. The summed E-state index contributed by atoms with van der Waals surface area (Å²) in [5.74, 6) is 0.621. The summed E-state index contributed by atoms with van der Waals surface area (Å²) in [6.45, 7) is 4.38. The average molecular weight is 460 g/mol. The number of hydrogen-bond acceptors (Lipinski definition) is 2. The van der Waals surface area contributed by atoms with Gasteiger partial charge in [0.05, 0.1) is 6.10 Å². The molecule has 180 valence electrons. The summed E-state index contributed by atoms with van der Waals surface area (Å²) in [4.78, 5) is 2.60. The highest BCUT2D eigenvalue weighted by atomic mass is 19.4. The van der Waals surface area contributed by atoms with E-state index in [1.807, 2.05) is 12.1 Å². The van der Waals surface area contributed by atoms with Crippen molar-refractivity contribution in [3.8, 4) is 5.75 Å². The van der Waals surface area contributed by atoms with E-state index in [4.69, 9.17) is 4.74 Å². The predicted molar refractivity (Wildman–Crippen MR) is 127 cm³/mol. The van der Waals surface area contributed by atoms with Gasteiger partial charge < -0.3 is 4.74 Å². The van der Waals surface area contributed by atoms with E-state index >= 15 is 0 Å². The first kappa shape index (κ1) is 23.0. The van der Waals surface area contributed by atoms with Gasteiger partial charge in [0.25, 0.3) is 0 Å². The second-order valence-corrected chi connectivity index (χ2v) is 10.7. The monoisotopic (exact) mass is 459 g/mol. The molecular formula is C28H36F3NO. The Kier molecular flexibility index (Phi) is 6.37. The zero-order valence-corrected chi connectivity index (χ0v) is 19.8. The molecule has 2 nitrogen and oxygen atoms in total. The largest absolute Gasteiger partial charge is 0.490 e. The molecule has 3 fully saturated rings. The molecule has 3 aliphatic rings. The van der Waals surface area contributed by atoms with E-state index in [1.54, 1.807) is 12.1 Å². The van der Waals surface area contributed by atoms with Crippen LogP contribution in [0.2, 0.25) is 0 Å². The first-order chi connectivity index (χ1) is 15.8. The minimum atomic E-state index is -4.46. The number of alkyl halides is 3. The second kappa shape index (κ2) is 9.13. The average Bonchev–Trinajstić information content (AvgIpc) is 2.78. The van der Waals surface area contributed by atoms with Crippen LogP contribution in [0, 0.1) is 5.92 Å². The summed E-state index contributed by atoms with van der Waals surface area (Å²) in [5.41, 5.74) is 0.377. The van der Waals surface area contributed by atoms with Crippen LogP contribution < -0.4 is 4.74 Å². The lowest BCUT2D eigenvalue weighted by Crippen LogP contribution is -2.50. The van der Waals surface area contributed by atoms with Crippen molar-refractivity contribution in [1.82, 2.24) is 4.90 Å². The van der Waals surface area contributed by atoms with Gasteiger partial charge in [0, 0.05) is 18.1 Å². The Morgan fingerprint density at radius 3 is 2.09 bits per heavy atom. The molecule has 1 unspecified atom stereocenters. The first-order valence-corrected chi connectivity index (χ1v) is 12.9. The highest BCUT2D eigenvalue weighted by Crippen LogP contribution is 2.45. The Balaban J connectivity index is 1.50. The van der Waals surface area contributed by atoms with E-state index in [9.17, 15) is 13.2 Å². The maximum absolute atomic E-state index is 14.4. The fourth-order valence-electron chi connectivity index (χ4n) is 6.66. The smallest absolute Gasteiger partial charge is 0.420 e. The molecule has 2 heterocycles. The van der Waals surface area contributed by atoms with Gasteiger partial charge in [0.1, 0.15) is 11.3 Å². The van der Waals surface area contributed by atoms with Crippen molar-refractivity contribution in [1.29, 1.82) is 0 Å². The molecular weight excluding hydrogens is 423 g/mol. The van der Waals surface area contributed by atoms with Gasteiger partial charge in [-0.1, -0.05) is 38.0 Å². The van der Waals surface area contributed by atoms with E-state index in [0.29, 0.717) is 23.4 Å². The van der Waals surface area contributed by atoms with Crippen molar-refractivity contribution in [2.24, 2.45) is 5.92 Å². The van der Waals surface area contributed by atoms with Crippen LogP contribution in [0.4, 0.5) is 13.2 Å². The zero-order chi connectivity index (χ0) is 23.2. The molecule has 5 rings (SSSR count). The molecule has 0 N–H and O–H groups in total. The number of fused-ring (bicyclic) bond motifs is 3. The molecule has 0 aromatic heterocycles. The summed E-state index contributed by atoms with van der Waals surface area (Å²) >= 11 is 0. The molecule has 2 saturated heterocycles. The Hall–Kier alpha value is -1.75. The molecule has 1 saturated carbocycles. The van der Waals surface area contributed by atoms with Crippen molar-refractivity contribution < 1.29 is 17.9 Å². The number of rotatable bonds is 4. The van der Waals surface area contributed by atoms with Crippen LogP contribution in [0.25, 0.3) is 10.8 Å². The molecule has 1 atom stereocenters. The number of ether oxygens (including phenoxy) is 1. The summed E-state index contributed by atoms with van der Waals surface area (Å²) in [5, 5.41) is 0.900. The standard InChI is InChI=1S/C28H36F3NO/c1-18-9-14-24(15-10-18)33-26-16-13-20-11-12-21(17-25(20)27(26)28(29,30)31)19(2)32-22-5-3-6-23(32)8-4-7-22/h11-13,16-19,22-24H,3-10,14-15H2,1-2H3/t18-,19?,22?,23?,24+. The number of halogens is 3. The van der Waals surface area contributed by atoms with Crippen LogP contribution in [0.3, 0.4) is 0 Å². The van der Waals surface area contributed by atoms with Gasteiger partial charge in [-0.15, -0.1) is 0 Å². The summed E-state index contributed by atoms with van der Waals surface area (Å²) in [7, 11) is 0. The van der Waals surface area contributed by atoms with Crippen LogP contribution in [0.5, 0.6) is 5.75 Å². The van der Waals surface area contributed by atoms with Crippen LogP contribution in [-0.2, 0) is 6.18 Å². The lowest BCUT2D eigenvalue weighted by Gasteiger charge is -2.49. The Bertz CT molecular complexity index is 957. The first-order valence-electron chi connectivity index (χ1n) is 12.9. The van der Waals surface area contributed by atoms with E-state index in [-0.39, 0.29) is 23.3 Å². The normalized spacial score (nSPS) is 29.7. The highest BCUT2D eigenvalue weighted by Gasteiger charge is 2.39. The van der Waals surface area contributed by atoms with Gasteiger partial charge in [0.15, 0.2) is 0 Å². The third-order valence-corrected chi connectivity index (χ3v) is 8.47. The fourth-order valence-corrected chi connectivity index (χ4v) is 6.66. The summed E-state index contributed by atoms with van der Waals surface area (Å²) in [6, 6.07) is 10.3. The summed E-state index contributed by atoms with van der Waals surface area (Å²) < 4.78 is 49.2. The number of nitrogens with zero attached hydrogens (tertiary/aromatic N) is 1. The van der Waals surface area contributed by atoms with Gasteiger partial charge in [-0.3, -0.25) is 4.90 Å². The van der Waals surface area contributed by atoms with Crippen LogP contribution in [-0.4, -0.2) is 23.1 Å². The molecule has 2 aliphatic heterocycles. The van der Waals surface area contributed by atoms with Gasteiger partial charge in [-0.25, -0.2) is 0 Å². The third kappa shape index (κ3) is 4.62. The minimum absolute atomic E-state index is 0.00537. The van der Waals surface area contributed by atoms with Crippen LogP contribution in [0.15, 0.2) is 30.3 Å². The SMILES string of the molecule is CC(c1ccc2ccc(O[C@H]3CC[C@@H](C)CC3)c(C(F)(F)F)c2c1)N1C2CCCC1CCC2. The molecule has 0 radical (unpaired) electrons. The summed E-state index contributed by atoms with van der Waals surface area (Å²) in [6.07, 6.45) is 6.47. The molecule has 0 amide bonds. The highest BCUT2D eigenvalue weighted by molar-refractivity contribution is 5.89. The molecule has 2 aromatic carbocycles. The minimum Gasteiger partial charge on any atom is -0.490 e. The maximum Gasteiger partial charge on any atom is 0.420 e. The van der Waals surface area contributed by atoms with E-state index in [2.05, 4.69) is 18.7 Å². The maximum atomic E-state index is 14.4. The number of piperidine rings is 2. The molecule has 2 bridgehead atoms. The van der Waals surface area contributed by atoms with Gasteiger partial charge in [-0.05, 0) is 92.7 Å². The lowest BCUT2D eigenvalue weighted by molar-refractivity contribution is -0.138. The molecule has 1 aliphatic carbocycles. The van der Waals surface area contributed by atoms with Gasteiger partial charge in [0.2, 0.25) is 0 Å². The molecule has 5 heteroatoms. The van der Waals surface area contributed by atoms with Crippen molar-refractivity contribution in [3.05, 3.63) is 41.5 Å². The molecule has 33 heavy (non-hydrogen) atoms. The number of benzene rings is 2. The number of hydrogen-bond donors (Lipinski definition) is 0. The molecule has 2 aromatic rings. The van der Waals surface area contributed by atoms with E-state index in [0.717, 1.165) is 31.2 Å². The van der Waals surface area contributed by atoms with Crippen molar-refractivity contribution in [2.75, 3.05) is 0 Å². The third-order valence-electron chi connectivity index (χ3n) is 8.47. The van der Waals surface area contributed by atoms with Gasteiger partial charge >= 0.3 is 6.18 Å². The lowest BCUT2D eigenvalue weighted by atomic mass is 9.82. The van der Waals surface area contributed by atoms with Crippen molar-refractivity contribution in [2.45, 2.75) is 108 Å². The Labute approximate surface area is 195 Å². The van der Waals surface area contributed by atoms with Crippen LogP contribution in [0.1, 0.15) is 95.2 Å². The van der Waals surface area contributed by atoms with E-state index in [1.165, 1.54) is 44.6 Å². The van der Waals surface area contributed by atoms with Crippen molar-refractivity contribution >= 4 is 10.8 Å².